The van der Waals surface area contributed by atoms with Gasteiger partial charge in [-0.25, -0.2) is 9.97 Å². The fourth-order valence-corrected chi connectivity index (χ4v) is 8.91. The van der Waals surface area contributed by atoms with Crippen molar-refractivity contribution in [3.63, 3.8) is 0 Å². The fourth-order valence-electron chi connectivity index (χ4n) is 4.34. The van der Waals surface area contributed by atoms with E-state index in [1.807, 2.05) is 0 Å². The van der Waals surface area contributed by atoms with Crippen LogP contribution in [0.15, 0.2) is 93.6 Å². The highest BCUT2D eigenvalue weighted by Gasteiger charge is 2.11. The predicted octanol–water partition coefficient (Wildman–Crippen LogP) is 11.4. The maximum atomic E-state index is 4.84. The number of nitrogens with one attached hydrogen (secondary N) is 2. The molecule has 2 N–H and O–H groups in total. The van der Waals surface area contributed by atoms with E-state index < -0.39 is 0 Å². The molecule has 0 saturated heterocycles. The minimum Gasteiger partial charge on any atom is -0.355 e. The van der Waals surface area contributed by atoms with Crippen molar-refractivity contribution >= 4 is 87.4 Å². The first-order valence-electron chi connectivity index (χ1n) is 13.3. The van der Waals surface area contributed by atoms with Crippen LogP contribution < -0.4 is 10.6 Å². The van der Waals surface area contributed by atoms with E-state index in [1.165, 1.54) is 20.5 Å². The number of rotatable bonds is 9. The molecule has 0 aliphatic heterocycles. The van der Waals surface area contributed by atoms with E-state index in [4.69, 9.17) is 9.97 Å². The molecule has 0 saturated carbocycles. The van der Waals surface area contributed by atoms with Crippen LogP contribution in [0, 0.1) is 0 Å². The zero-order valence-electron chi connectivity index (χ0n) is 22.8. The zero-order valence-corrected chi connectivity index (χ0v) is 26.0. The summed E-state index contributed by atoms with van der Waals surface area (Å²) in [6.45, 7) is 8.86. The first-order chi connectivity index (χ1) is 19.4. The van der Waals surface area contributed by atoms with Crippen molar-refractivity contribution in [1.29, 1.82) is 0 Å². The van der Waals surface area contributed by atoms with Gasteiger partial charge in [0.05, 0.1) is 20.4 Å². The smallest absolute Gasteiger partial charge is 0.162 e. The molecule has 202 valence electrons. The molecule has 0 bridgehead atoms. The number of thiazole rings is 2. The zero-order chi connectivity index (χ0) is 27.6. The van der Waals surface area contributed by atoms with E-state index in [2.05, 4.69) is 123 Å². The highest BCUT2D eigenvalue weighted by molar-refractivity contribution is 8.77. The van der Waals surface area contributed by atoms with Gasteiger partial charge in [0.2, 0.25) is 0 Å². The van der Waals surface area contributed by atoms with E-state index >= 15 is 0 Å². The average Bonchev–Trinajstić information content (AvgIpc) is 3.55. The Morgan fingerprint density at radius 2 is 0.900 bits per heavy atom. The maximum absolute atomic E-state index is 4.84. The Labute approximate surface area is 251 Å². The van der Waals surface area contributed by atoms with Gasteiger partial charge in [-0.1, -0.05) is 52.0 Å². The lowest BCUT2D eigenvalue weighted by molar-refractivity contribution is 0.867. The highest BCUT2D eigenvalue weighted by Crippen LogP contribution is 2.44. The van der Waals surface area contributed by atoms with Crippen molar-refractivity contribution in [1.82, 2.24) is 9.97 Å². The largest absolute Gasteiger partial charge is 0.355 e. The van der Waals surface area contributed by atoms with Crippen LogP contribution in [0.2, 0.25) is 0 Å². The summed E-state index contributed by atoms with van der Waals surface area (Å²) in [5.74, 6) is 1.07. The Bertz CT molecular complexity index is 1620. The van der Waals surface area contributed by atoms with Crippen LogP contribution in [0.3, 0.4) is 0 Å². The van der Waals surface area contributed by atoms with E-state index in [0.717, 1.165) is 42.5 Å². The van der Waals surface area contributed by atoms with Gasteiger partial charge in [0.15, 0.2) is 8.68 Å². The van der Waals surface area contributed by atoms with Crippen LogP contribution in [0.4, 0.5) is 22.7 Å². The standard InChI is InChI=1S/C32H30N4S4/c1-19(2)21-5-9-23(10-6-21)33-25-13-15-27-29(17-25)37-31(35-27)39-40-32-36-28-16-14-26(18-30(28)38-32)34-24-11-7-22(8-12-24)20(3)4/h5-20,33-34H,1-4H3. The lowest BCUT2D eigenvalue weighted by Gasteiger charge is -2.09. The van der Waals surface area contributed by atoms with E-state index in [9.17, 15) is 0 Å². The summed E-state index contributed by atoms with van der Waals surface area (Å²) in [4.78, 5) is 9.68. The van der Waals surface area contributed by atoms with Crippen molar-refractivity contribution < 1.29 is 0 Å². The van der Waals surface area contributed by atoms with Crippen LogP contribution in [0.25, 0.3) is 20.4 Å². The summed E-state index contributed by atoms with van der Waals surface area (Å²) in [5.41, 5.74) is 9.08. The second-order valence-electron chi connectivity index (χ2n) is 10.3. The molecule has 4 aromatic carbocycles. The number of aromatic nitrogens is 2. The fraction of sp³-hybridized carbons (Fsp3) is 0.188. The molecule has 0 unspecified atom stereocenters. The van der Waals surface area contributed by atoms with E-state index in [0.29, 0.717) is 11.8 Å². The van der Waals surface area contributed by atoms with Gasteiger partial charge in [-0.15, -0.1) is 22.7 Å². The summed E-state index contributed by atoms with van der Waals surface area (Å²) in [6.07, 6.45) is 0. The third-order valence-electron chi connectivity index (χ3n) is 6.65. The molecule has 8 heteroatoms. The van der Waals surface area contributed by atoms with Gasteiger partial charge >= 0.3 is 0 Å². The molecule has 0 radical (unpaired) electrons. The van der Waals surface area contributed by atoms with Crippen LogP contribution in [-0.4, -0.2) is 9.97 Å². The van der Waals surface area contributed by atoms with Crippen LogP contribution in [0.1, 0.15) is 50.7 Å². The molecule has 2 heterocycles. The molecular formula is C32H30N4S4. The Morgan fingerprint density at radius 1 is 0.525 bits per heavy atom. The number of hydrogen-bond donors (Lipinski definition) is 2. The Kier molecular flexibility index (Phi) is 8.03. The van der Waals surface area contributed by atoms with Crippen molar-refractivity contribution in [2.75, 3.05) is 10.6 Å². The van der Waals surface area contributed by atoms with Crippen LogP contribution in [-0.2, 0) is 0 Å². The van der Waals surface area contributed by atoms with E-state index in [-0.39, 0.29) is 0 Å². The van der Waals surface area contributed by atoms with Crippen molar-refractivity contribution in [3.8, 4) is 0 Å². The summed E-state index contributed by atoms with van der Waals surface area (Å²) in [6, 6.07) is 30.1. The first kappa shape index (κ1) is 27.1. The molecule has 0 spiro atoms. The van der Waals surface area contributed by atoms with Gasteiger partial charge < -0.3 is 10.6 Å². The van der Waals surface area contributed by atoms with Gasteiger partial charge in [-0.3, -0.25) is 0 Å². The molecular weight excluding hydrogens is 569 g/mol. The second kappa shape index (κ2) is 11.8. The first-order valence-corrected chi connectivity index (χ1v) is 17.1. The molecule has 6 rings (SSSR count). The van der Waals surface area contributed by atoms with Gasteiger partial charge in [-0.05, 0) is 105 Å². The van der Waals surface area contributed by atoms with Crippen molar-refractivity contribution in [2.24, 2.45) is 0 Å². The number of anilines is 4. The number of fused-ring (bicyclic) bond motifs is 2. The number of hydrogen-bond acceptors (Lipinski definition) is 8. The second-order valence-corrected chi connectivity index (χ2v) is 15.0. The van der Waals surface area contributed by atoms with Gasteiger partial charge in [0, 0.05) is 22.7 Å². The lowest BCUT2D eigenvalue weighted by Crippen LogP contribution is -1.91. The summed E-state index contributed by atoms with van der Waals surface area (Å²) >= 11 is 3.44. The lowest BCUT2D eigenvalue weighted by atomic mass is 10.0. The minimum absolute atomic E-state index is 0.534. The third-order valence-corrected chi connectivity index (χ3v) is 11.7. The Balaban J connectivity index is 1.10. The summed E-state index contributed by atoms with van der Waals surface area (Å²) in [5, 5.41) is 7.05. The van der Waals surface area contributed by atoms with Gasteiger partial charge in [-0.2, -0.15) is 0 Å². The van der Waals surface area contributed by atoms with E-state index in [1.54, 1.807) is 44.3 Å². The number of benzene rings is 4. The quantitative estimate of drug-likeness (QED) is 0.161. The highest BCUT2D eigenvalue weighted by atomic mass is 33.1. The van der Waals surface area contributed by atoms with Crippen molar-refractivity contribution in [2.45, 2.75) is 48.2 Å². The molecule has 2 aromatic heterocycles. The maximum Gasteiger partial charge on any atom is 0.162 e. The molecule has 40 heavy (non-hydrogen) atoms. The Morgan fingerprint density at radius 3 is 1.27 bits per heavy atom. The molecule has 0 amide bonds. The average molecular weight is 599 g/mol. The summed E-state index contributed by atoms with van der Waals surface area (Å²) in [7, 11) is 3.35. The monoisotopic (exact) mass is 598 g/mol. The molecule has 0 atom stereocenters. The SMILES string of the molecule is CC(C)c1ccc(Nc2ccc3nc(SSc4nc5ccc(Nc6ccc(C(C)C)cc6)cc5s4)sc3c2)cc1. The summed E-state index contributed by atoms with van der Waals surface area (Å²) < 4.78 is 4.41. The number of nitrogens with zero attached hydrogens (tertiary/aromatic N) is 2. The predicted molar refractivity (Wildman–Crippen MR) is 179 cm³/mol. The molecule has 0 aliphatic carbocycles. The van der Waals surface area contributed by atoms with Crippen molar-refractivity contribution in [3.05, 3.63) is 96.1 Å². The third kappa shape index (κ3) is 6.31. The minimum atomic E-state index is 0.534. The topological polar surface area (TPSA) is 49.8 Å². The van der Waals surface area contributed by atoms with Gasteiger partial charge in [0.25, 0.3) is 0 Å². The van der Waals surface area contributed by atoms with Crippen LogP contribution >= 0.6 is 44.3 Å². The molecule has 6 aromatic rings. The normalized spacial score (nSPS) is 11.7. The molecule has 4 nitrogen and oxygen atoms in total. The van der Waals surface area contributed by atoms with Crippen LogP contribution in [0.5, 0.6) is 0 Å². The molecule has 0 fully saturated rings. The molecule has 0 aliphatic rings. The Hall–Kier alpha value is -3.04. The van der Waals surface area contributed by atoms with Gasteiger partial charge in [0.1, 0.15) is 0 Å².